The molecule has 0 bridgehead atoms. The zero-order chi connectivity index (χ0) is 15.2. The van der Waals surface area contributed by atoms with E-state index in [0.717, 1.165) is 25.5 Å². The van der Waals surface area contributed by atoms with Gasteiger partial charge in [0, 0.05) is 19.2 Å². The van der Waals surface area contributed by atoms with E-state index in [9.17, 15) is 0 Å². The molecule has 0 amide bonds. The fourth-order valence-corrected chi connectivity index (χ4v) is 2.37. The third kappa shape index (κ3) is 9.69. The van der Waals surface area contributed by atoms with Crippen LogP contribution in [0.3, 0.4) is 0 Å². The molecule has 1 fully saturated rings. The van der Waals surface area contributed by atoms with Crippen LogP contribution in [0.1, 0.15) is 52.4 Å². The summed E-state index contributed by atoms with van der Waals surface area (Å²) in [6.45, 7) is 8.68. The molecule has 124 valence electrons. The Morgan fingerprint density at radius 2 is 1.76 bits per heavy atom. The molecule has 1 aliphatic rings. The van der Waals surface area contributed by atoms with E-state index in [1.807, 2.05) is 0 Å². The topological polar surface area (TPSA) is 54.9 Å². The van der Waals surface area contributed by atoms with Crippen LogP contribution in [-0.2, 0) is 9.47 Å². The summed E-state index contributed by atoms with van der Waals surface area (Å²) < 4.78 is 11.0. The molecule has 5 heteroatoms. The van der Waals surface area contributed by atoms with E-state index < -0.39 is 0 Å². The standard InChI is InChI=1S/C16H33N3O2/c1-3-5-11-20-13-14-21-12-10-18-16(17-4-2)19-15-8-6-7-9-15/h15H,3-14H2,1-2H3,(H2,17,18,19). The van der Waals surface area contributed by atoms with Crippen molar-refractivity contribution in [2.24, 2.45) is 4.99 Å². The van der Waals surface area contributed by atoms with E-state index in [4.69, 9.17) is 9.47 Å². The maximum Gasteiger partial charge on any atom is 0.191 e. The SMILES string of the molecule is CCCCOCCOCCN=C(NCC)NC1CCCC1. The van der Waals surface area contributed by atoms with Gasteiger partial charge in [0.2, 0.25) is 0 Å². The lowest BCUT2D eigenvalue weighted by molar-refractivity contribution is 0.0497. The van der Waals surface area contributed by atoms with E-state index >= 15 is 0 Å². The summed E-state index contributed by atoms with van der Waals surface area (Å²) in [5.74, 6) is 0.923. The average Bonchev–Trinajstić information content (AvgIpc) is 2.98. The third-order valence-electron chi connectivity index (χ3n) is 3.56. The first kappa shape index (κ1) is 18.2. The van der Waals surface area contributed by atoms with Gasteiger partial charge in [-0.1, -0.05) is 26.2 Å². The van der Waals surface area contributed by atoms with Gasteiger partial charge in [0.05, 0.1) is 26.4 Å². The first-order chi connectivity index (χ1) is 10.4. The molecule has 1 saturated carbocycles. The van der Waals surface area contributed by atoms with E-state index in [-0.39, 0.29) is 0 Å². The van der Waals surface area contributed by atoms with Gasteiger partial charge in [0.25, 0.3) is 0 Å². The van der Waals surface area contributed by atoms with Crippen molar-refractivity contribution in [2.75, 3.05) is 39.5 Å². The fourth-order valence-electron chi connectivity index (χ4n) is 2.37. The highest BCUT2D eigenvalue weighted by atomic mass is 16.5. The molecule has 0 atom stereocenters. The number of aliphatic imine (C=N–C) groups is 1. The minimum absolute atomic E-state index is 0.593. The summed E-state index contributed by atoms with van der Waals surface area (Å²) in [6, 6.07) is 0.593. The van der Waals surface area contributed by atoms with Gasteiger partial charge >= 0.3 is 0 Å². The molecule has 0 aromatic rings. The van der Waals surface area contributed by atoms with Crippen molar-refractivity contribution in [1.82, 2.24) is 10.6 Å². The third-order valence-corrected chi connectivity index (χ3v) is 3.56. The van der Waals surface area contributed by atoms with Gasteiger partial charge in [-0.3, -0.25) is 4.99 Å². The second-order valence-electron chi connectivity index (χ2n) is 5.46. The number of nitrogens with zero attached hydrogens (tertiary/aromatic N) is 1. The highest BCUT2D eigenvalue weighted by molar-refractivity contribution is 5.80. The van der Waals surface area contributed by atoms with Gasteiger partial charge in [-0.25, -0.2) is 0 Å². The zero-order valence-corrected chi connectivity index (χ0v) is 13.8. The summed E-state index contributed by atoms with van der Waals surface area (Å²) in [5, 5.41) is 6.79. The van der Waals surface area contributed by atoms with Crippen molar-refractivity contribution in [1.29, 1.82) is 0 Å². The first-order valence-electron chi connectivity index (χ1n) is 8.57. The van der Waals surface area contributed by atoms with E-state index in [2.05, 4.69) is 29.5 Å². The molecule has 0 aliphatic heterocycles. The Kier molecular flexibility index (Phi) is 11.2. The van der Waals surface area contributed by atoms with Crippen LogP contribution in [0.25, 0.3) is 0 Å². The molecule has 0 saturated heterocycles. The van der Waals surface area contributed by atoms with Crippen molar-refractivity contribution in [3.63, 3.8) is 0 Å². The van der Waals surface area contributed by atoms with Crippen molar-refractivity contribution >= 4 is 5.96 Å². The van der Waals surface area contributed by atoms with Gasteiger partial charge in [-0.2, -0.15) is 0 Å². The lowest BCUT2D eigenvalue weighted by Crippen LogP contribution is -2.42. The van der Waals surface area contributed by atoms with Crippen molar-refractivity contribution in [3.05, 3.63) is 0 Å². The number of hydrogen-bond acceptors (Lipinski definition) is 3. The van der Waals surface area contributed by atoms with Gasteiger partial charge in [0.15, 0.2) is 5.96 Å². The number of nitrogens with one attached hydrogen (secondary N) is 2. The van der Waals surface area contributed by atoms with E-state index in [1.165, 1.54) is 32.1 Å². The van der Waals surface area contributed by atoms with Crippen LogP contribution >= 0.6 is 0 Å². The summed E-state index contributed by atoms with van der Waals surface area (Å²) in [7, 11) is 0. The van der Waals surface area contributed by atoms with Crippen LogP contribution in [0.5, 0.6) is 0 Å². The molecule has 2 N–H and O–H groups in total. The molecular weight excluding hydrogens is 266 g/mol. The largest absolute Gasteiger partial charge is 0.379 e. The van der Waals surface area contributed by atoms with Gasteiger partial charge in [0.1, 0.15) is 0 Å². The Hall–Kier alpha value is -0.810. The average molecular weight is 299 g/mol. The molecule has 5 nitrogen and oxygen atoms in total. The predicted molar refractivity (Wildman–Crippen MR) is 87.9 cm³/mol. The Balaban J connectivity index is 2.04. The number of unbranched alkanes of at least 4 members (excludes halogenated alkanes) is 1. The lowest BCUT2D eigenvalue weighted by atomic mass is 10.2. The Morgan fingerprint density at radius 3 is 2.43 bits per heavy atom. The van der Waals surface area contributed by atoms with Crippen LogP contribution in [0.15, 0.2) is 4.99 Å². The summed E-state index contributed by atoms with van der Waals surface area (Å²) in [4.78, 5) is 4.55. The molecule has 1 rings (SSSR count). The van der Waals surface area contributed by atoms with Gasteiger partial charge < -0.3 is 20.1 Å². The summed E-state index contributed by atoms with van der Waals surface area (Å²) >= 11 is 0. The van der Waals surface area contributed by atoms with Crippen molar-refractivity contribution < 1.29 is 9.47 Å². The second-order valence-corrected chi connectivity index (χ2v) is 5.46. The Morgan fingerprint density at radius 1 is 1.05 bits per heavy atom. The van der Waals surface area contributed by atoms with Crippen molar-refractivity contribution in [2.45, 2.75) is 58.4 Å². The smallest absolute Gasteiger partial charge is 0.191 e. The minimum atomic E-state index is 0.593. The number of rotatable bonds is 11. The molecule has 0 aromatic heterocycles. The highest BCUT2D eigenvalue weighted by Gasteiger charge is 2.15. The molecule has 0 heterocycles. The molecule has 0 radical (unpaired) electrons. The molecule has 0 spiro atoms. The zero-order valence-electron chi connectivity index (χ0n) is 13.8. The van der Waals surface area contributed by atoms with Crippen LogP contribution in [0.4, 0.5) is 0 Å². The highest BCUT2D eigenvalue weighted by Crippen LogP contribution is 2.17. The van der Waals surface area contributed by atoms with Crippen LogP contribution in [0, 0.1) is 0 Å². The molecule has 1 aliphatic carbocycles. The number of guanidine groups is 1. The fraction of sp³-hybridized carbons (Fsp3) is 0.938. The lowest BCUT2D eigenvalue weighted by Gasteiger charge is -2.16. The molecule has 21 heavy (non-hydrogen) atoms. The predicted octanol–water partition coefficient (Wildman–Crippen LogP) is 2.32. The van der Waals surface area contributed by atoms with E-state index in [1.54, 1.807) is 0 Å². The van der Waals surface area contributed by atoms with Gasteiger partial charge in [-0.05, 0) is 26.2 Å². The van der Waals surface area contributed by atoms with Crippen LogP contribution in [-0.4, -0.2) is 51.5 Å². The second kappa shape index (κ2) is 12.9. The quantitative estimate of drug-likeness (QED) is 0.349. The number of hydrogen-bond donors (Lipinski definition) is 2. The monoisotopic (exact) mass is 299 g/mol. The minimum Gasteiger partial charge on any atom is -0.379 e. The molecular formula is C16H33N3O2. The van der Waals surface area contributed by atoms with Gasteiger partial charge in [-0.15, -0.1) is 0 Å². The van der Waals surface area contributed by atoms with Crippen LogP contribution < -0.4 is 10.6 Å². The summed E-state index contributed by atoms with van der Waals surface area (Å²) in [5.41, 5.74) is 0. The maximum atomic E-state index is 5.52. The maximum absolute atomic E-state index is 5.52. The Labute approximate surface area is 129 Å². The molecule has 0 unspecified atom stereocenters. The van der Waals surface area contributed by atoms with Crippen LogP contribution in [0.2, 0.25) is 0 Å². The summed E-state index contributed by atoms with van der Waals surface area (Å²) in [6.07, 6.45) is 7.49. The van der Waals surface area contributed by atoms with Crippen molar-refractivity contribution in [3.8, 4) is 0 Å². The Bertz CT molecular complexity index is 266. The normalized spacial score (nSPS) is 16.4. The first-order valence-corrected chi connectivity index (χ1v) is 8.57. The van der Waals surface area contributed by atoms with E-state index in [0.29, 0.717) is 32.4 Å². The number of ether oxygens (including phenoxy) is 2. The molecule has 0 aromatic carbocycles.